The van der Waals surface area contributed by atoms with Gasteiger partial charge in [-0.25, -0.2) is 4.79 Å². The smallest absolute Gasteiger partial charge is 0.409 e. The van der Waals surface area contributed by atoms with Crippen LogP contribution in [0, 0.1) is 17.0 Å². The van der Waals surface area contributed by atoms with E-state index in [0.29, 0.717) is 38.5 Å². The second-order valence-corrected chi connectivity index (χ2v) is 5.41. The van der Waals surface area contributed by atoms with E-state index in [1.807, 2.05) is 0 Å². The Labute approximate surface area is 139 Å². The first-order valence-corrected chi connectivity index (χ1v) is 7.80. The minimum absolute atomic E-state index is 0.0505. The van der Waals surface area contributed by atoms with E-state index in [0.717, 1.165) is 0 Å². The molecule has 2 rings (SSSR count). The molecule has 2 amide bonds. The van der Waals surface area contributed by atoms with Gasteiger partial charge in [0.05, 0.1) is 18.1 Å². The molecular weight excluding hydrogens is 318 g/mol. The van der Waals surface area contributed by atoms with E-state index in [9.17, 15) is 19.7 Å². The summed E-state index contributed by atoms with van der Waals surface area (Å²) in [6, 6.07) is 0. The quantitative estimate of drug-likeness (QED) is 0.579. The van der Waals surface area contributed by atoms with Crippen LogP contribution in [-0.4, -0.2) is 69.3 Å². The lowest BCUT2D eigenvalue weighted by atomic mass is 10.3. The lowest BCUT2D eigenvalue weighted by molar-refractivity contribution is -0.385. The van der Waals surface area contributed by atoms with Gasteiger partial charge in [-0.3, -0.25) is 19.6 Å². The van der Waals surface area contributed by atoms with E-state index in [1.54, 1.807) is 23.6 Å². The highest BCUT2D eigenvalue weighted by Gasteiger charge is 2.25. The highest BCUT2D eigenvalue weighted by Crippen LogP contribution is 2.16. The molecule has 0 spiro atoms. The van der Waals surface area contributed by atoms with Crippen LogP contribution in [0.3, 0.4) is 0 Å². The maximum absolute atomic E-state index is 12.2. The summed E-state index contributed by atoms with van der Waals surface area (Å²) in [5, 5.41) is 14.7. The van der Waals surface area contributed by atoms with Gasteiger partial charge in [-0.2, -0.15) is 5.10 Å². The monoisotopic (exact) mass is 339 g/mol. The van der Waals surface area contributed by atoms with Crippen molar-refractivity contribution < 1.29 is 19.2 Å². The van der Waals surface area contributed by atoms with Gasteiger partial charge in [-0.05, 0) is 13.8 Å². The fourth-order valence-corrected chi connectivity index (χ4v) is 2.55. The number of aromatic nitrogens is 2. The van der Waals surface area contributed by atoms with Gasteiger partial charge >= 0.3 is 11.8 Å². The van der Waals surface area contributed by atoms with E-state index in [-0.39, 0.29) is 30.7 Å². The minimum atomic E-state index is -0.491. The Hall–Kier alpha value is -2.65. The molecule has 0 atom stereocenters. The van der Waals surface area contributed by atoms with Crippen molar-refractivity contribution in [2.45, 2.75) is 26.8 Å². The molecule has 1 aliphatic rings. The second kappa shape index (κ2) is 7.75. The summed E-state index contributed by atoms with van der Waals surface area (Å²) in [5.74, 6) is -0.0592. The van der Waals surface area contributed by atoms with Gasteiger partial charge in [0, 0.05) is 32.6 Å². The summed E-state index contributed by atoms with van der Waals surface area (Å²) < 4.78 is 6.40. The van der Waals surface area contributed by atoms with Crippen molar-refractivity contribution in [3.05, 3.63) is 22.0 Å². The van der Waals surface area contributed by atoms with Crippen LogP contribution in [0.15, 0.2) is 6.20 Å². The third-order valence-corrected chi connectivity index (χ3v) is 3.97. The van der Waals surface area contributed by atoms with E-state index in [1.165, 1.54) is 10.9 Å². The topological polar surface area (TPSA) is 111 Å². The first kappa shape index (κ1) is 17.7. The zero-order valence-electron chi connectivity index (χ0n) is 13.8. The van der Waals surface area contributed by atoms with Crippen LogP contribution in [0.25, 0.3) is 0 Å². The maximum Gasteiger partial charge on any atom is 0.409 e. The molecule has 10 nitrogen and oxygen atoms in total. The number of ether oxygens (including phenoxy) is 1. The first-order valence-electron chi connectivity index (χ1n) is 7.80. The minimum Gasteiger partial charge on any atom is -0.450 e. The molecule has 0 N–H and O–H groups in total. The van der Waals surface area contributed by atoms with Crippen molar-refractivity contribution in [1.82, 2.24) is 19.6 Å². The fourth-order valence-electron chi connectivity index (χ4n) is 2.55. The number of rotatable bonds is 5. The van der Waals surface area contributed by atoms with Gasteiger partial charge in [0.15, 0.2) is 0 Å². The maximum atomic E-state index is 12.2. The van der Waals surface area contributed by atoms with Gasteiger partial charge < -0.3 is 14.5 Å². The Morgan fingerprint density at radius 1 is 1.29 bits per heavy atom. The molecule has 24 heavy (non-hydrogen) atoms. The molecule has 1 aliphatic heterocycles. The first-order chi connectivity index (χ1) is 11.4. The van der Waals surface area contributed by atoms with Crippen LogP contribution in [0.4, 0.5) is 10.5 Å². The summed E-state index contributed by atoms with van der Waals surface area (Å²) >= 11 is 0. The number of carbonyl (C=O) groups is 2. The summed E-state index contributed by atoms with van der Waals surface area (Å²) in [6.07, 6.45) is 1.04. The molecule has 0 unspecified atom stereocenters. The van der Waals surface area contributed by atoms with E-state index >= 15 is 0 Å². The zero-order valence-corrected chi connectivity index (χ0v) is 13.8. The van der Waals surface area contributed by atoms with Gasteiger partial charge in [0.25, 0.3) is 0 Å². The molecule has 10 heteroatoms. The Bertz CT molecular complexity index is 621. The summed E-state index contributed by atoms with van der Waals surface area (Å²) in [7, 11) is 0. The van der Waals surface area contributed by atoms with Crippen molar-refractivity contribution in [2.24, 2.45) is 0 Å². The standard InChI is InChI=1S/C14H21N5O5/c1-3-24-14(21)17-8-6-16(7-9-17)13(20)4-5-18-11(2)12(10-15-18)19(22)23/h10H,3-9H2,1-2H3. The third kappa shape index (κ3) is 4.00. The van der Waals surface area contributed by atoms with Crippen LogP contribution in [0.2, 0.25) is 0 Å². The fraction of sp³-hybridized carbons (Fsp3) is 0.643. The van der Waals surface area contributed by atoms with Gasteiger partial charge in [-0.1, -0.05) is 0 Å². The van der Waals surface area contributed by atoms with Crippen LogP contribution in [-0.2, 0) is 16.1 Å². The Morgan fingerprint density at radius 2 is 1.92 bits per heavy atom. The summed E-state index contributed by atoms with van der Waals surface area (Å²) in [6.45, 7) is 5.76. The predicted octanol–water partition coefficient (Wildman–Crippen LogP) is 0.791. The van der Waals surface area contributed by atoms with Crippen molar-refractivity contribution in [3.63, 3.8) is 0 Å². The largest absolute Gasteiger partial charge is 0.450 e. The Kier molecular flexibility index (Phi) is 5.72. The molecule has 1 saturated heterocycles. The SMILES string of the molecule is CCOC(=O)N1CCN(C(=O)CCn2ncc([N+](=O)[O-])c2C)CC1. The number of hydrogen-bond donors (Lipinski definition) is 0. The molecule has 0 aliphatic carbocycles. The molecule has 1 aromatic heterocycles. The van der Waals surface area contributed by atoms with Crippen LogP contribution in [0.5, 0.6) is 0 Å². The van der Waals surface area contributed by atoms with Gasteiger partial charge in [0.2, 0.25) is 5.91 Å². The number of aryl methyl sites for hydroxylation is 1. The number of nitrogens with zero attached hydrogens (tertiary/aromatic N) is 5. The lowest BCUT2D eigenvalue weighted by Gasteiger charge is -2.34. The molecular formula is C14H21N5O5. The normalized spacial score (nSPS) is 14.6. The molecule has 0 aromatic carbocycles. The number of amides is 2. The van der Waals surface area contributed by atoms with Crippen molar-refractivity contribution in [3.8, 4) is 0 Å². The van der Waals surface area contributed by atoms with E-state index < -0.39 is 4.92 Å². The van der Waals surface area contributed by atoms with Crippen molar-refractivity contribution in [2.75, 3.05) is 32.8 Å². The number of nitro groups is 1. The third-order valence-electron chi connectivity index (χ3n) is 3.97. The molecule has 0 saturated carbocycles. The second-order valence-electron chi connectivity index (χ2n) is 5.41. The average Bonchev–Trinajstić information content (AvgIpc) is 2.94. The molecule has 1 fully saturated rings. The molecule has 1 aromatic rings. The van der Waals surface area contributed by atoms with Crippen LogP contribution >= 0.6 is 0 Å². The Balaban J connectivity index is 1.82. The van der Waals surface area contributed by atoms with E-state index in [4.69, 9.17) is 4.74 Å². The molecule has 0 bridgehead atoms. The zero-order chi connectivity index (χ0) is 17.7. The van der Waals surface area contributed by atoms with Crippen LogP contribution in [0.1, 0.15) is 19.0 Å². The highest BCUT2D eigenvalue weighted by atomic mass is 16.6. The number of hydrogen-bond acceptors (Lipinski definition) is 6. The molecule has 2 heterocycles. The predicted molar refractivity (Wildman–Crippen MR) is 83.4 cm³/mol. The summed E-state index contributed by atoms with van der Waals surface area (Å²) in [4.78, 5) is 37.4. The Morgan fingerprint density at radius 3 is 2.46 bits per heavy atom. The van der Waals surface area contributed by atoms with E-state index in [2.05, 4.69) is 5.10 Å². The van der Waals surface area contributed by atoms with Crippen molar-refractivity contribution >= 4 is 17.7 Å². The van der Waals surface area contributed by atoms with Crippen molar-refractivity contribution in [1.29, 1.82) is 0 Å². The molecule has 132 valence electrons. The summed E-state index contributed by atoms with van der Waals surface area (Å²) in [5.41, 5.74) is 0.380. The molecule has 0 radical (unpaired) electrons. The van der Waals surface area contributed by atoms with Gasteiger partial charge in [-0.15, -0.1) is 0 Å². The number of piperazine rings is 1. The lowest BCUT2D eigenvalue weighted by Crippen LogP contribution is -2.50. The van der Waals surface area contributed by atoms with Gasteiger partial charge in [0.1, 0.15) is 11.9 Å². The average molecular weight is 339 g/mol. The highest BCUT2D eigenvalue weighted by molar-refractivity contribution is 5.76. The van der Waals surface area contributed by atoms with Crippen LogP contribution < -0.4 is 0 Å². The number of carbonyl (C=O) groups excluding carboxylic acids is 2.